The fourth-order valence-electron chi connectivity index (χ4n) is 1.21. The van der Waals surface area contributed by atoms with E-state index in [1.54, 1.807) is 6.07 Å². The predicted molar refractivity (Wildman–Crippen MR) is 63.6 cm³/mol. The second-order valence-electron chi connectivity index (χ2n) is 4.84. The van der Waals surface area contributed by atoms with E-state index in [0.29, 0.717) is 6.54 Å². The molecule has 0 aliphatic carbocycles. The molecule has 1 N–H and O–H groups in total. The number of hydrogen-bond donors (Lipinski definition) is 1. The Hall–Kier alpha value is -2.16. The first-order valence-electron chi connectivity index (χ1n) is 5.12. The number of aromatic nitrogens is 1. The zero-order valence-electron chi connectivity index (χ0n) is 10.0. The second-order valence-corrected chi connectivity index (χ2v) is 4.84. The Morgan fingerprint density at radius 3 is 2.71 bits per heavy atom. The molecule has 0 unspecified atom stereocenters. The van der Waals surface area contributed by atoms with Crippen LogP contribution in [0, 0.1) is 26.9 Å². The van der Waals surface area contributed by atoms with Gasteiger partial charge in [-0.2, -0.15) is 5.26 Å². The summed E-state index contributed by atoms with van der Waals surface area (Å²) in [5, 5.41) is 22.6. The number of pyridine rings is 1. The standard InChI is InChI=1S/C11H14N4O2/c1-11(2,3)7-14-10-9(15(16)17)8(6-12)4-5-13-10/h4-5H,7H2,1-3H3,(H,13,14). The molecule has 0 saturated heterocycles. The molecule has 0 bridgehead atoms. The largest absolute Gasteiger partial charge is 0.364 e. The van der Waals surface area contributed by atoms with Crippen LogP contribution < -0.4 is 5.32 Å². The van der Waals surface area contributed by atoms with Crippen molar-refractivity contribution < 1.29 is 4.92 Å². The predicted octanol–water partition coefficient (Wildman–Crippen LogP) is 2.32. The van der Waals surface area contributed by atoms with Crippen LogP contribution in [0.15, 0.2) is 12.3 Å². The molecule has 6 nitrogen and oxygen atoms in total. The summed E-state index contributed by atoms with van der Waals surface area (Å²) in [5.41, 5.74) is -0.279. The summed E-state index contributed by atoms with van der Waals surface area (Å²) in [6.07, 6.45) is 1.39. The molecule has 1 aromatic heterocycles. The van der Waals surface area contributed by atoms with Crippen molar-refractivity contribution in [1.29, 1.82) is 5.26 Å². The van der Waals surface area contributed by atoms with Crippen molar-refractivity contribution in [3.05, 3.63) is 27.9 Å². The highest BCUT2D eigenvalue weighted by Crippen LogP contribution is 2.26. The van der Waals surface area contributed by atoms with Gasteiger partial charge in [-0.3, -0.25) is 10.1 Å². The number of nitrogens with one attached hydrogen (secondary N) is 1. The van der Waals surface area contributed by atoms with Crippen molar-refractivity contribution in [1.82, 2.24) is 4.98 Å². The second kappa shape index (κ2) is 4.78. The summed E-state index contributed by atoms with van der Waals surface area (Å²) in [4.78, 5) is 14.2. The minimum atomic E-state index is -0.587. The lowest BCUT2D eigenvalue weighted by atomic mass is 9.97. The van der Waals surface area contributed by atoms with Crippen LogP contribution in [0.25, 0.3) is 0 Å². The van der Waals surface area contributed by atoms with E-state index in [0.717, 1.165) is 0 Å². The summed E-state index contributed by atoms with van der Waals surface area (Å²) in [6, 6.07) is 3.13. The van der Waals surface area contributed by atoms with Gasteiger partial charge in [0.2, 0.25) is 5.82 Å². The maximum absolute atomic E-state index is 10.9. The molecule has 0 atom stereocenters. The Kier molecular flexibility index (Phi) is 3.63. The molecule has 6 heteroatoms. The third-order valence-electron chi connectivity index (χ3n) is 2.01. The van der Waals surface area contributed by atoms with Crippen LogP contribution >= 0.6 is 0 Å². The van der Waals surface area contributed by atoms with Crippen molar-refractivity contribution in [3.8, 4) is 6.07 Å². The first-order chi connectivity index (χ1) is 7.85. The third kappa shape index (κ3) is 3.41. The zero-order valence-corrected chi connectivity index (χ0v) is 10.0. The van der Waals surface area contributed by atoms with Gasteiger partial charge in [0.05, 0.1) is 4.92 Å². The normalized spacial score (nSPS) is 10.7. The molecule has 1 heterocycles. The number of anilines is 1. The van der Waals surface area contributed by atoms with Gasteiger partial charge in [-0.15, -0.1) is 0 Å². The summed E-state index contributed by atoms with van der Waals surface area (Å²) >= 11 is 0. The summed E-state index contributed by atoms with van der Waals surface area (Å²) in [5.74, 6) is 0.143. The average molecular weight is 234 g/mol. The topological polar surface area (TPSA) is 91.8 Å². The van der Waals surface area contributed by atoms with Crippen LogP contribution in [0.4, 0.5) is 11.5 Å². The molecule has 0 aliphatic rings. The van der Waals surface area contributed by atoms with Crippen molar-refractivity contribution in [2.75, 3.05) is 11.9 Å². The molecule has 0 radical (unpaired) electrons. The Bertz CT molecular complexity index is 471. The van der Waals surface area contributed by atoms with E-state index in [9.17, 15) is 10.1 Å². The highest BCUT2D eigenvalue weighted by Gasteiger charge is 2.22. The Balaban J connectivity index is 3.08. The van der Waals surface area contributed by atoms with Gasteiger partial charge in [0, 0.05) is 12.7 Å². The molecule has 1 aromatic rings. The lowest BCUT2D eigenvalue weighted by Crippen LogP contribution is -2.20. The third-order valence-corrected chi connectivity index (χ3v) is 2.01. The van der Waals surface area contributed by atoms with Crippen LogP contribution in [0.1, 0.15) is 26.3 Å². The SMILES string of the molecule is CC(C)(C)CNc1nccc(C#N)c1[N+](=O)[O-]. The average Bonchev–Trinajstić information content (AvgIpc) is 2.24. The fraction of sp³-hybridized carbons (Fsp3) is 0.455. The molecule has 0 saturated carbocycles. The van der Waals surface area contributed by atoms with Gasteiger partial charge in [-0.25, -0.2) is 4.98 Å². The van der Waals surface area contributed by atoms with E-state index < -0.39 is 4.92 Å². The summed E-state index contributed by atoms with van der Waals surface area (Å²) in [6.45, 7) is 6.54. The van der Waals surface area contributed by atoms with Gasteiger partial charge in [0.1, 0.15) is 11.6 Å². The van der Waals surface area contributed by atoms with E-state index in [4.69, 9.17) is 5.26 Å². The molecule has 0 amide bonds. The number of nitriles is 1. The maximum atomic E-state index is 10.9. The van der Waals surface area contributed by atoms with Crippen LogP contribution in [0.2, 0.25) is 0 Å². The van der Waals surface area contributed by atoms with Crippen molar-refractivity contribution in [2.24, 2.45) is 5.41 Å². The lowest BCUT2D eigenvalue weighted by Gasteiger charge is -2.18. The maximum Gasteiger partial charge on any atom is 0.328 e. The first-order valence-corrected chi connectivity index (χ1v) is 5.12. The molecule has 0 spiro atoms. The number of hydrogen-bond acceptors (Lipinski definition) is 5. The van der Waals surface area contributed by atoms with Gasteiger partial charge in [0.15, 0.2) is 0 Å². The van der Waals surface area contributed by atoms with E-state index in [1.807, 2.05) is 20.8 Å². The molecule has 0 aromatic carbocycles. The molecule has 1 rings (SSSR count). The van der Waals surface area contributed by atoms with Gasteiger partial charge in [-0.05, 0) is 11.5 Å². The highest BCUT2D eigenvalue weighted by atomic mass is 16.6. The molecular weight excluding hydrogens is 220 g/mol. The Morgan fingerprint density at radius 1 is 1.59 bits per heavy atom. The van der Waals surface area contributed by atoms with Gasteiger partial charge in [0.25, 0.3) is 0 Å². The lowest BCUT2D eigenvalue weighted by molar-refractivity contribution is -0.384. The van der Waals surface area contributed by atoms with E-state index in [-0.39, 0.29) is 22.5 Å². The van der Waals surface area contributed by atoms with Gasteiger partial charge >= 0.3 is 5.69 Å². The molecular formula is C11H14N4O2. The van der Waals surface area contributed by atoms with Gasteiger partial charge in [-0.1, -0.05) is 20.8 Å². The monoisotopic (exact) mass is 234 g/mol. The highest BCUT2D eigenvalue weighted by molar-refractivity contribution is 5.64. The van der Waals surface area contributed by atoms with Gasteiger partial charge < -0.3 is 5.32 Å². The number of rotatable bonds is 3. The van der Waals surface area contributed by atoms with Crippen molar-refractivity contribution >= 4 is 11.5 Å². The minimum Gasteiger partial charge on any atom is -0.364 e. The molecule has 90 valence electrons. The number of nitrogens with zero attached hydrogens (tertiary/aromatic N) is 3. The van der Waals surface area contributed by atoms with E-state index in [2.05, 4.69) is 10.3 Å². The van der Waals surface area contributed by atoms with Crippen LogP contribution in [-0.2, 0) is 0 Å². The van der Waals surface area contributed by atoms with Crippen LogP contribution in [0.3, 0.4) is 0 Å². The summed E-state index contributed by atoms with van der Waals surface area (Å²) in [7, 11) is 0. The van der Waals surface area contributed by atoms with E-state index in [1.165, 1.54) is 12.3 Å². The molecule has 0 fully saturated rings. The molecule has 17 heavy (non-hydrogen) atoms. The minimum absolute atomic E-state index is 0.0152. The smallest absolute Gasteiger partial charge is 0.328 e. The molecule has 0 aliphatic heterocycles. The zero-order chi connectivity index (χ0) is 13.1. The quantitative estimate of drug-likeness (QED) is 0.640. The Morgan fingerprint density at radius 2 is 2.24 bits per heavy atom. The summed E-state index contributed by atoms with van der Waals surface area (Å²) < 4.78 is 0. The Labute approximate surface area is 99.4 Å². The van der Waals surface area contributed by atoms with E-state index >= 15 is 0 Å². The van der Waals surface area contributed by atoms with Crippen LogP contribution in [0.5, 0.6) is 0 Å². The van der Waals surface area contributed by atoms with Crippen LogP contribution in [-0.4, -0.2) is 16.5 Å². The van der Waals surface area contributed by atoms with Crippen molar-refractivity contribution in [2.45, 2.75) is 20.8 Å². The van der Waals surface area contributed by atoms with Crippen molar-refractivity contribution in [3.63, 3.8) is 0 Å². The number of nitro groups is 1. The fourth-order valence-corrected chi connectivity index (χ4v) is 1.21. The first kappa shape index (κ1) is 12.9.